The molecule has 2 N–H and O–H groups in total. The van der Waals surface area contributed by atoms with E-state index in [2.05, 4.69) is 6.92 Å². The molecular weight excluding hydrogens is 252 g/mol. The molecule has 0 radical (unpaired) electrons. The molecule has 2 atom stereocenters. The highest BCUT2D eigenvalue weighted by Gasteiger charge is 2.29. The van der Waals surface area contributed by atoms with Crippen molar-refractivity contribution in [2.45, 2.75) is 25.8 Å². The SMILES string of the molecule is CCC1CN(C(=O)c2coc3ccccc23)CCC1N. The van der Waals surface area contributed by atoms with Gasteiger partial charge in [0.05, 0.1) is 5.56 Å². The lowest BCUT2D eigenvalue weighted by molar-refractivity contribution is 0.0650. The van der Waals surface area contributed by atoms with Crippen molar-refractivity contribution in [3.8, 4) is 0 Å². The Balaban J connectivity index is 1.85. The minimum Gasteiger partial charge on any atom is -0.463 e. The van der Waals surface area contributed by atoms with E-state index >= 15 is 0 Å². The van der Waals surface area contributed by atoms with Crippen LogP contribution in [0.15, 0.2) is 34.9 Å². The smallest absolute Gasteiger partial charge is 0.257 e. The molecule has 0 aliphatic carbocycles. The van der Waals surface area contributed by atoms with Gasteiger partial charge in [-0.3, -0.25) is 4.79 Å². The fraction of sp³-hybridized carbons (Fsp3) is 0.438. The molecule has 1 fully saturated rings. The van der Waals surface area contributed by atoms with E-state index in [-0.39, 0.29) is 11.9 Å². The number of carbonyl (C=O) groups excluding carboxylic acids is 1. The van der Waals surface area contributed by atoms with Gasteiger partial charge in [0, 0.05) is 24.5 Å². The monoisotopic (exact) mass is 272 g/mol. The second-order valence-corrected chi connectivity index (χ2v) is 5.52. The van der Waals surface area contributed by atoms with Crippen molar-refractivity contribution in [3.63, 3.8) is 0 Å². The van der Waals surface area contributed by atoms with Crippen LogP contribution in [0.1, 0.15) is 30.1 Å². The van der Waals surface area contributed by atoms with Crippen molar-refractivity contribution in [1.82, 2.24) is 4.90 Å². The first kappa shape index (κ1) is 13.2. The summed E-state index contributed by atoms with van der Waals surface area (Å²) in [6, 6.07) is 7.86. The van der Waals surface area contributed by atoms with Crippen LogP contribution >= 0.6 is 0 Å². The van der Waals surface area contributed by atoms with Crippen molar-refractivity contribution in [3.05, 3.63) is 36.1 Å². The number of piperidine rings is 1. The second kappa shape index (κ2) is 5.29. The van der Waals surface area contributed by atoms with Gasteiger partial charge in [0.15, 0.2) is 0 Å². The molecule has 1 saturated heterocycles. The molecule has 2 unspecified atom stereocenters. The molecule has 2 heterocycles. The lowest BCUT2D eigenvalue weighted by Crippen LogP contribution is -2.48. The topological polar surface area (TPSA) is 59.5 Å². The van der Waals surface area contributed by atoms with Crippen LogP contribution < -0.4 is 5.73 Å². The lowest BCUT2D eigenvalue weighted by Gasteiger charge is -2.36. The molecule has 1 amide bonds. The van der Waals surface area contributed by atoms with E-state index in [1.807, 2.05) is 29.2 Å². The summed E-state index contributed by atoms with van der Waals surface area (Å²) < 4.78 is 5.46. The predicted molar refractivity (Wildman–Crippen MR) is 78.5 cm³/mol. The summed E-state index contributed by atoms with van der Waals surface area (Å²) in [7, 11) is 0. The Morgan fingerprint density at radius 1 is 1.45 bits per heavy atom. The molecule has 1 aromatic carbocycles. The number of furan rings is 1. The largest absolute Gasteiger partial charge is 0.463 e. The number of amides is 1. The Bertz CT molecular complexity index is 620. The number of hydrogen-bond acceptors (Lipinski definition) is 3. The highest BCUT2D eigenvalue weighted by Crippen LogP contribution is 2.25. The number of para-hydroxylation sites is 1. The van der Waals surface area contributed by atoms with E-state index in [0.29, 0.717) is 11.5 Å². The maximum atomic E-state index is 12.7. The fourth-order valence-corrected chi connectivity index (χ4v) is 2.98. The van der Waals surface area contributed by atoms with Crippen LogP contribution in [0.2, 0.25) is 0 Å². The van der Waals surface area contributed by atoms with Crippen LogP contribution in [0.4, 0.5) is 0 Å². The van der Waals surface area contributed by atoms with E-state index in [4.69, 9.17) is 10.2 Å². The number of carbonyl (C=O) groups is 1. The van der Waals surface area contributed by atoms with Gasteiger partial charge >= 0.3 is 0 Å². The van der Waals surface area contributed by atoms with Gasteiger partial charge in [0.2, 0.25) is 0 Å². The molecule has 0 spiro atoms. The zero-order chi connectivity index (χ0) is 14.1. The molecule has 0 saturated carbocycles. The standard InChI is InChI=1S/C16H20N2O2/c1-2-11-9-18(8-7-14(11)17)16(19)13-10-20-15-6-4-3-5-12(13)15/h3-6,10-11,14H,2,7-9,17H2,1H3. The third-order valence-electron chi connectivity index (χ3n) is 4.32. The molecular formula is C16H20N2O2. The highest BCUT2D eigenvalue weighted by atomic mass is 16.3. The Morgan fingerprint density at radius 3 is 3.05 bits per heavy atom. The molecule has 106 valence electrons. The lowest BCUT2D eigenvalue weighted by atomic mass is 9.90. The van der Waals surface area contributed by atoms with Gasteiger partial charge in [-0.15, -0.1) is 0 Å². The van der Waals surface area contributed by atoms with E-state index in [9.17, 15) is 4.79 Å². The summed E-state index contributed by atoms with van der Waals surface area (Å²) in [5.41, 5.74) is 7.52. The van der Waals surface area contributed by atoms with Crippen LogP contribution in [-0.4, -0.2) is 29.9 Å². The molecule has 0 bridgehead atoms. The van der Waals surface area contributed by atoms with E-state index in [1.165, 1.54) is 0 Å². The van der Waals surface area contributed by atoms with Gasteiger partial charge in [-0.1, -0.05) is 31.5 Å². The van der Waals surface area contributed by atoms with Crippen LogP contribution in [0, 0.1) is 5.92 Å². The van der Waals surface area contributed by atoms with Gasteiger partial charge in [-0.25, -0.2) is 0 Å². The maximum Gasteiger partial charge on any atom is 0.257 e. The maximum absolute atomic E-state index is 12.7. The Kier molecular flexibility index (Phi) is 3.49. The van der Waals surface area contributed by atoms with Crippen molar-refractivity contribution in [1.29, 1.82) is 0 Å². The predicted octanol–water partition coefficient (Wildman–Crippen LogP) is 2.63. The van der Waals surface area contributed by atoms with Crippen molar-refractivity contribution in [2.24, 2.45) is 11.7 Å². The molecule has 20 heavy (non-hydrogen) atoms. The number of hydrogen-bond donors (Lipinski definition) is 1. The number of fused-ring (bicyclic) bond motifs is 1. The minimum absolute atomic E-state index is 0.0558. The van der Waals surface area contributed by atoms with Gasteiger partial charge in [-0.2, -0.15) is 0 Å². The highest BCUT2D eigenvalue weighted by molar-refractivity contribution is 6.05. The first-order chi connectivity index (χ1) is 9.70. The molecule has 1 aromatic heterocycles. The van der Waals surface area contributed by atoms with Gasteiger partial charge in [0.25, 0.3) is 5.91 Å². The van der Waals surface area contributed by atoms with E-state index < -0.39 is 0 Å². The minimum atomic E-state index is 0.0558. The molecule has 3 rings (SSSR count). The van der Waals surface area contributed by atoms with E-state index in [1.54, 1.807) is 6.26 Å². The summed E-state index contributed by atoms with van der Waals surface area (Å²) in [6.45, 7) is 3.61. The van der Waals surface area contributed by atoms with Gasteiger partial charge < -0.3 is 15.1 Å². The summed E-state index contributed by atoms with van der Waals surface area (Å²) in [6.07, 6.45) is 3.46. The molecule has 4 nitrogen and oxygen atoms in total. The zero-order valence-corrected chi connectivity index (χ0v) is 11.7. The third-order valence-corrected chi connectivity index (χ3v) is 4.32. The Hall–Kier alpha value is -1.81. The van der Waals surface area contributed by atoms with E-state index in [0.717, 1.165) is 36.9 Å². The number of nitrogens with two attached hydrogens (primary N) is 1. The first-order valence-corrected chi connectivity index (χ1v) is 7.21. The number of likely N-dealkylation sites (tertiary alicyclic amines) is 1. The van der Waals surface area contributed by atoms with Crippen molar-refractivity contribution >= 4 is 16.9 Å². The average Bonchev–Trinajstić information content (AvgIpc) is 2.91. The average molecular weight is 272 g/mol. The van der Waals surface area contributed by atoms with Crippen LogP contribution in [0.3, 0.4) is 0 Å². The summed E-state index contributed by atoms with van der Waals surface area (Å²) in [5, 5.41) is 0.889. The van der Waals surface area contributed by atoms with Crippen molar-refractivity contribution < 1.29 is 9.21 Å². The van der Waals surface area contributed by atoms with Gasteiger partial charge in [0.1, 0.15) is 11.8 Å². The Labute approximate surface area is 118 Å². The third kappa shape index (κ3) is 2.20. The first-order valence-electron chi connectivity index (χ1n) is 7.21. The normalized spacial score (nSPS) is 23.2. The summed E-state index contributed by atoms with van der Waals surface area (Å²) in [4.78, 5) is 14.6. The van der Waals surface area contributed by atoms with Gasteiger partial charge in [-0.05, 0) is 18.4 Å². The van der Waals surface area contributed by atoms with Crippen LogP contribution in [-0.2, 0) is 0 Å². The molecule has 1 aliphatic rings. The second-order valence-electron chi connectivity index (χ2n) is 5.52. The number of benzene rings is 1. The number of nitrogens with zero attached hydrogens (tertiary/aromatic N) is 1. The van der Waals surface area contributed by atoms with Crippen LogP contribution in [0.5, 0.6) is 0 Å². The quantitative estimate of drug-likeness (QED) is 0.914. The molecule has 2 aromatic rings. The molecule has 1 aliphatic heterocycles. The summed E-state index contributed by atoms with van der Waals surface area (Å²) >= 11 is 0. The summed E-state index contributed by atoms with van der Waals surface area (Å²) in [5.74, 6) is 0.450. The molecule has 4 heteroatoms. The Morgan fingerprint density at radius 2 is 2.25 bits per heavy atom. The zero-order valence-electron chi connectivity index (χ0n) is 11.7. The van der Waals surface area contributed by atoms with Crippen LogP contribution in [0.25, 0.3) is 11.0 Å². The fourth-order valence-electron chi connectivity index (χ4n) is 2.98. The van der Waals surface area contributed by atoms with Crippen molar-refractivity contribution in [2.75, 3.05) is 13.1 Å². The number of rotatable bonds is 2.